The Bertz CT molecular complexity index is 669. The molecule has 0 saturated carbocycles. The van der Waals surface area contributed by atoms with Crippen molar-refractivity contribution in [2.75, 3.05) is 0 Å². The molecule has 0 aliphatic rings. The molecule has 2 aromatic carbocycles. The molecule has 0 unspecified atom stereocenters. The zero-order valence-corrected chi connectivity index (χ0v) is 11.2. The van der Waals surface area contributed by atoms with Gasteiger partial charge in [-0.1, -0.05) is 35.9 Å². The first-order valence-corrected chi connectivity index (χ1v) is 6.10. The first kappa shape index (κ1) is 15.2. The van der Waals surface area contributed by atoms with Crippen LogP contribution in [0.4, 0.5) is 13.2 Å². The predicted molar refractivity (Wildman–Crippen MR) is 72.1 cm³/mol. The predicted octanol–water partition coefficient (Wildman–Crippen LogP) is 4.00. The van der Waals surface area contributed by atoms with Crippen molar-refractivity contribution in [2.24, 2.45) is 5.73 Å². The Hall–Kier alpha value is -2.21. The summed E-state index contributed by atoms with van der Waals surface area (Å²) in [5.41, 5.74) is 6.32. The number of amides is 1. The number of benzene rings is 2. The molecule has 0 radical (unpaired) electrons. The molecular formula is C14H9ClF3NO2. The monoisotopic (exact) mass is 315 g/mol. The van der Waals surface area contributed by atoms with Crippen molar-refractivity contribution in [3.63, 3.8) is 0 Å². The Morgan fingerprint density at radius 3 is 2.24 bits per heavy atom. The van der Waals surface area contributed by atoms with Crippen LogP contribution < -0.4 is 10.5 Å². The lowest BCUT2D eigenvalue weighted by molar-refractivity contribution is -0.274. The van der Waals surface area contributed by atoms with Crippen LogP contribution in [0.15, 0.2) is 42.5 Å². The summed E-state index contributed by atoms with van der Waals surface area (Å²) in [6, 6.07) is 9.80. The number of hydrogen-bond acceptors (Lipinski definition) is 2. The number of rotatable bonds is 3. The highest BCUT2D eigenvalue weighted by molar-refractivity contribution is 6.34. The molecule has 0 saturated heterocycles. The third-order valence-electron chi connectivity index (χ3n) is 2.66. The molecule has 1 amide bonds. The molecule has 21 heavy (non-hydrogen) atoms. The highest BCUT2D eigenvalue weighted by Crippen LogP contribution is 2.31. The lowest BCUT2D eigenvalue weighted by atomic mass is 9.99. The van der Waals surface area contributed by atoms with Gasteiger partial charge in [-0.3, -0.25) is 4.79 Å². The van der Waals surface area contributed by atoms with E-state index in [-0.39, 0.29) is 16.3 Å². The number of ether oxygens (including phenoxy) is 1. The fourth-order valence-electron chi connectivity index (χ4n) is 1.85. The molecule has 0 aliphatic carbocycles. The zero-order valence-electron chi connectivity index (χ0n) is 10.4. The Balaban J connectivity index is 2.40. The topological polar surface area (TPSA) is 52.3 Å². The summed E-state index contributed by atoms with van der Waals surface area (Å²) in [4.78, 5) is 11.4. The number of alkyl halides is 3. The van der Waals surface area contributed by atoms with Gasteiger partial charge < -0.3 is 10.5 Å². The summed E-state index contributed by atoms with van der Waals surface area (Å²) in [6.07, 6.45) is -4.75. The van der Waals surface area contributed by atoms with Crippen molar-refractivity contribution >= 4 is 17.5 Å². The van der Waals surface area contributed by atoms with Crippen molar-refractivity contribution in [3.8, 4) is 16.9 Å². The number of nitrogens with two attached hydrogens (primary N) is 1. The van der Waals surface area contributed by atoms with Crippen LogP contribution >= 0.6 is 11.6 Å². The quantitative estimate of drug-likeness (QED) is 0.930. The van der Waals surface area contributed by atoms with E-state index in [0.717, 1.165) is 12.1 Å². The van der Waals surface area contributed by atoms with Crippen LogP contribution in [-0.4, -0.2) is 12.3 Å². The number of primary amides is 1. The minimum absolute atomic E-state index is 0.114. The second-order valence-corrected chi connectivity index (χ2v) is 4.51. The Morgan fingerprint density at radius 1 is 1.10 bits per heavy atom. The minimum atomic E-state index is -4.75. The lowest BCUT2D eigenvalue weighted by Gasteiger charge is -2.11. The molecule has 0 aliphatic heterocycles. The van der Waals surface area contributed by atoms with Gasteiger partial charge in [0.1, 0.15) is 5.75 Å². The molecule has 0 bridgehead atoms. The van der Waals surface area contributed by atoms with Crippen molar-refractivity contribution in [2.45, 2.75) is 6.36 Å². The van der Waals surface area contributed by atoms with E-state index in [1.807, 2.05) is 0 Å². The molecule has 3 nitrogen and oxygen atoms in total. The zero-order chi connectivity index (χ0) is 15.6. The van der Waals surface area contributed by atoms with Gasteiger partial charge in [0.15, 0.2) is 0 Å². The van der Waals surface area contributed by atoms with Crippen LogP contribution in [0.25, 0.3) is 11.1 Å². The highest BCUT2D eigenvalue weighted by atomic mass is 35.5. The second kappa shape index (κ2) is 5.65. The molecule has 110 valence electrons. The van der Waals surface area contributed by atoms with E-state index in [1.165, 1.54) is 18.2 Å². The normalized spacial score (nSPS) is 11.2. The average Bonchev–Trinajstić information content (AvgIpc) is 2.37. The Morgan fingerprint density at radius 2 is 1.71 bits per heavy atom. The summed E-state index contributed by atoms with van der Waals surface area (Å²) in [5, 5.41) is 0.176. The number of halogens is 4. The van der Waals surface area contributed by atoms with Gasteiger partial charge >= 0.3 is 6.36 Å². The number of hydrogen-bond donors (Lipinski definition) is 1. The lowest BCUT2D eigenvalue weighted by Crippen LogP contribution is -2.17. The minimum Gasteiger partial charge on any atom is -0.406 e. The summed E-state index contributed by atoms with van der Waals surface area (Å²) in [6.45, 7) is 0. The molecular weight excluding hydrogens is 307 g/mol. The van der Waals surface area contributed by atoms with Crippen molar-refractivity contribution in [3.05, 3.63) is 53.1 Å². The Kier molecular flexibility index (Phi) is 4.09. The van der Waals surface area contributed by atoms with Crippen LogP contribution in [-0.2, 0) is 0 Å². The van der Waals surface area contributed by atoms with Crippen molar-refractivity contribution in [1.82, 2.24) is 0 Å². The maximum absolute atomic E-state index is 12.1. The van der Waals surface area contributed by atoms with E-state index in [9.17, 15) is 18.0 Å². The number of carbonyl (C=O) groups is 1. The summed E-state index contributed by atoms with van der Waals surface area (Å²) in [5.74, 6) is -1.07. The van der Waals surface area contributed by atoms with Crippen LogP contribution in [0.2, 0.25) is 5.02 Å². The van der Waals surface area contributed by atoms with Gasteiger partial charge in [-0.25, -0.2) is 0 Å². The van der Waals surface area contributed by atoms with E-state index in [2.05, 4.69) is 4.74 Å². The molecule has 2 rings (SSSR count). The van der Waals surface area contributed by atoms with Gasteiger partial charge in [-0.2, -0.15) is 0 Å². The maximum atomic E-state index is 12.1. The van der Waals surface area contributed by atoms with E-state index >= 15 is 0 Å². The molecule has 2 N–H and O–H groups in total. The second-order valence-electron chi connectivity index (χ2n) is 4.10. The average molecular weight is 316 g/mol. The van der Waals surface area contributed by atoms with Crippen LogP contribution in [0.3, 0.4) is 0 Å². The van der Waals surface area contributed by atoms with Crippen LogP contribution in [0, 0.1) is 0 Å². The van der Waals surface area contributed by atoms with Gasteiger partial charge in [0.2, 0.25) is 0 Å². The third-order valence-corrected chi connectivity index (χ3v) is 2.97. The summed E-state index contributed by atoms with van der Waals surface area (Å²) < 4.78 is 40.0. The molecule has 0 spiro atoms. The van der Waals surface area contributed by atoms with E-state index < -0.39 is 12.3 Å². The smallest absolute Gasteiger partial charge is 0.406 e. The third kappa shape index (κ3) is 3.66. The first-order valence-electron chi connectivity index (χ1n) is 5.72. The fourth-order valence-corrected chi connectivity index (χ4v) is 2.12. The van der Waals surface area contributed by atoms with Crippen molar-refractivity contribution in [1.29, 1.82) is 0 Å². The summed E-state index contributed by atoms with van der Waals surface area (Å²) in [7, 11) is 0. The molecule has 0 atom stereocenters. The number of carbonyl (C=O) groups excluding carboxylic acids is 1. The molecule has 7 heteroatoms. The standard InChI is InChI=1S/C14H9ClF3NO2/c15-11-3-1-2-10(12(11)13(19)20)8-4-6-9(7-5-8)21-14(16,17)18/h1-7H,(H2,19,20). The van der Waals surface area contributed by atoms with Gasteiger partial charge in [0.25, 0.3) is 5.91 Å². The van der Waals surface area contributed by atoms with E-state index in [1.54, 1.807) is 12.1 Å². The van der Waals surface area contributed by atoms with E-state index in [0.29, 0.717) is 11.1 Å². The van der Waals surface area contributed by atoms with Crippen LogP contribution in [0.1, 0.15) is 10.4 Å². The molecule has 0 heterocycles. The van der Waals surface area contributed by atoms with Gasteiger partial charge in [-0.15, -0.1) is 13.2 Å². The largest absolute Gasteiger partial charge is 0.573 e. The van der Waals surface area contributed by atoms with Gasteiger partial charge in [0.05, 0.1) is 10.6 Å². The fraction of sp³-hybridized carbons (Fsp3) is 0.0714. The van der Waals surface area contributed by atoms with Gasteiger partial charge in [-0.05, 0) is 29.3 Å². The molecule has 2 aromatic rings. The van der Waals surface area contributed by atoms with Crippen LogP contribution in [0.5, 0.6) is 5.75 Å². The van der Waals surface area contributed by atoms with Gasteiger partial charge in [0, 0.05) is 0 Å². The first-order chi connectivity index (χ1) is 9.78. The molecule has 0 fully saturated rings. The van der Waals surface area contributed by atoms with Crippen molar-refractivity contribution < 1.29 is 22.7 Å². The highest BCUT2D eigenvalue weighted by Gasteiger charge is 2.31. The SMILES string of the molecule is NC(=O)c1c(Cl)cccc1-c1ccc(OC(F)(F)F)cc1. The Labute approximate surface area is 123 Å². The summed E-state index contributed by atoms with van der Waals surface area (Å²) >= 11 is 5.92. The molecule has 0 aromatic heterocycles. The van der Waals surface area contributed by atoms with E-state index in [4.69, 9.17) is 17.3 Å². The maximum Gasteiger partial charge on any atom is 0.573 e.